The van der Waals surface area contributed by atoms with Crippen LogP contribution in [0.4, 0.5) is 11.4 Å². The van der Waals surface area contributed by atoms with E-state index in [2.05, 4.69) is 26.7 Å². The van der Waals surface area contributed by atoms with Crippen LogP contribution in [-0.2, 0) is 6.54 Å². The number of benzene rings is 1. The Bertz CT molecular complexity index is 901. The van der Waals surface area contributed by atoms with E-state index < -0.39 is 0 Å². The van der Waals surface area contributed by atoms with Crippen LogP contribution in [0.15, 0.2) is 67.1 Å². The molecule has 0 bridgehead atoms. The second-order valence-electron chi connectivity index (χ2n) is 5.29. The summed E-state index contributed by atoms with van der Waals surface area (Å²) in [6.45, 7) is 0.391. The van der Waals surface area contributed by atoms with E-state index in [1.54, 1.807) is 55.0 Å². The Kier molecular flexibility index (Phi) is 4.98. The number of nitrogens with zero attached hydrogens (tertiary/aromatic N) is 3. The molecule has 0 atom stereocenters. The van der Waals surface area contributed by atoms with Gasteiger partial charge in [0.25, 0.3) is 5.91 Å². The molecule has 6 heteroatoms. The molecule has 0 spiro atoms. The van der Waals surface area contributed by atoms with Crippen molar-refractivity contribution in [2.24, 2.45) is 0 Å². The van der Waals surface area contributed by atoms with Crippen LogP contribution in [0.2, 0.25) is 0 Å². The monoisotopic (exact) mass is 329 g/mol. The van der Waals surface area contributed by atoms with Crippen LogP contribution in [0, 0.1) is 11.3 Å². The summed E-state index contributed by atoms with van der Waals surface area (Å²) in [6.07, 6.45) is 4.97. The summed E-state index contributed by atoms with van der Waals surface area (Å²) in [5.41, 5.74) is 3.40. The fourth-order valence-corrected chi connectivity index (χ4v) is 2.20. The number of rotatable bonds is 5. The molecule has 1 aromatic carbocycles. The van der Waals surface area contributed by atoms with E-state index in [0.717, 1.165) is 16.9 Å². The van der Waals surface area contributed by atoms with Gasteiger partial charge in [0.1, 0.15) is 5.69 Å². The average Bonchev–Trinajstić information content (AvgIpc) is 2.68. The first-order chi connectivity index (χ1) is 12.2. The van der Waals surface area contributed by atoms with E-state index in [4.69, 9.17) is 5.26 Å². The molecule has 2 N–H and O–H groups in total. The summed E-state index contributed by atoms with van der Waals surface area (Å²) in [7, 11) is 0. The van der Waals surface area contributed by atoms with Crippen molar-refractivity contribution in [3.63, 3.8) is 0 Å². The highest BCUT2D eigenvalue weighted by Gasteiger charge is 2.08. The molecule has 0 aliphatic carbocycles. The minimum absolute atomic E-state index is 0.257. The van der Waals surface area contributed by atoms with Crippen molar-refractivity contribution in [3.8, 4) is 6.07 Å². The van der Waals surface area contributed by atoms with Crippen molar-refractivity contribution in [1.29, 1.82) is 5.26 Å². The number of amides is 1. The Hall–Kier alpha value is -3.72. The maximum atomic E-state index is 12.2. The molecule has 6 nitrogen and oxygen atoms in total. The fraction of sp³-hybridized carbons (Fsp3) is 0.0526. The van der Waals surface area contributed by atoms with E-state index in [1.165, 1.54) is 0 Å². The topological polar surface area (TPSA) is 90.7 Å². The molecule has 122 valence electrons. The summed E-state index contributed by atoms with van der Waals surface area (Å²) in [4.78, 5) is 20.4. The maximum Gasteiger partial charge on any atom is 0.270 e. The number of hydrogen-bond acceptors (Lipinski definition) is 5. The molecule has 0 aliphatic rings. The first kappa shape index (κ1) is 16.1. The number of aromatic nitrogens is 2. The molecule has 0 aliphatic heterocycles. The number of anilines is 2. The Morgan fingerprint density at radius 1 is 1.08 bits per heavy atom. The predicted octanol–water partition coefficient (Wildman–Crippen LogP) is 3.02. The second kappa shape index (κ2) is 7.70. The van der Waals surface area contributed by atoms with Crippen molar-refractivity contribution in [2.45, 2.75) is 6.54 Å². The number of nitriles is 1. The number of carbonyl (C=O) groups excluding carboxylic acids is 1. The second-order valence-corrected chi connectivity index (χ2v) is 5.29. The molecule has 0 saturated heterocycles. The highest BCUT2D eigenvalue weighted by Crippen LogP contribution is 2.17. The van der Waals surface area contributed by atoms with E-state index >= 15 is 0 Å². The molecule has 3 aromatic rings. The highest BCUT2D eigenvalue weighted by molar-refractivity contribution is 5.93. The van der Waals surface area contributed by atoms with E-state index in [-0.39, 0.29) is 5.91 Å². The van der Waals surface area contributed by atoms with Crippen molar-refractivity contribution >= 4 is 17.3 Å². The molecule has 0 fully saturated rings. The fourth-order valence-electron chi connectivity index (χ4n) is 2.20. The summed E-state index contributed by atoms with van der Waals surface area (Å²) < 4.78 is 0. The van der Waals surface area contributed by atoms with Gasteiger partial charge in [-0.2, -0.15) is 5.26 Å². The van der Waals surface area contributed by atoms with Gasteiger partial charge in [0.2, 0.25) is 0 Å². The van der Waals surface area contributed by atoms with Gasteiger partial charge in [0.15, 0.2) is 0 Å². The van der Waals surface area contributed by atoms with Crippen LogP contribution in [-0.4, -0.2) is 15.9 Å². The van der Waals surface area contributed by atoms with E-state index in [9.17, 15) is 4.79 Å². The van der Waals surface area contributed by atoms with Crippen LogP contribution < -0.4 is 10.6 Å². The minimum atomic E-state index is -0.257. The summed E-state index contributed by atoms with van der Waals surface area (Å²) >= 11 is 0. The zero-order valence-corrected chi connectivity index (χ0v) is 13.3. The number of pyridine rings is 2. The lowest BCUT2D eigenvalue weighted by atomic mass is 10.2. The molecular weight excluding hydrogens is 314 g/mol. The van der Waals surface area contributed by atoms with Crippen molar-refractivity contribution in [3.05, 3.63) is 83.9 Å². The molecule has 2 heterocycles. The molecule has 3 rings (SSSR count). The standard InChI is InChI=1S/C19H15N5O/c20-11-14-3-5-16(6-4-14)24-17-7-9-22-18(10-17)19(25)23-13-15-2-1-8-21-12-15/h1-10,12H,13H2,(H,22,24)(H,23,25). The van der Waals surface area contributed by atoms with Crippen molar-refractivity contribution in [1.82, 2.24) is 15.3 Å². The van der Waals surface area contributed by atoms with Gasteiger partial charge in [-0.15, -0.1) is 0 Å². The SMILES string of the molecule is N#Cc1ccc(Nc2ccnc(C(=O)NCc3cccnc3)c2)cc1. The quantitative estimate of drug-likeness (QED) is 0.751. The molecular formula is C19H15N5O. The van der Waals surface area contributed by atoms with Crippen molar-refractivity contribution < 1.29 is 4.79 Å². The van der Waals surface area contributed by atoms with Crippen LogP contribution in [0.5, 0.6) is 0 Å². The molecule has 25 heavy (non-hydrogen) atoms. The number of hydrogen-bond donors (Lipinski definition) is 2. The Morgan fingerprint density at radius 2 is 1.92 bits per heavy atom. The van der Waals surface area contributed by atoms with Crippen molar-refractivity contribution in [2.75, 3.05) is 5.32 Å². The van der Waals surface area contributed by atoms with Crippen LogP contribution in [0.1, 0.15) is 21.6 Å². The van der Waals surface area contributed by atoms with Gasteiger partial charge in [-0.05, 0) is 48.0 Å². The molecule has 2 aromatic heterocycles. The van der Waals surface area contributed by atoms with Crippen LogP contribution in [0.3, 0.4) is 0 Å². The largest absolute Gasteiger partial charge is 0.355 e. The number of carbonyl (C=O) groups is 1. The summed E-state index contributed by atoms with van der Waals surface area (Å²) in [5, 5.41) is 14.8. The van der Waals surface area contributed by atoms with Gasteiger partial charge >= 0.3 is 0 Å². The normalized spacial score (nSPS) is 9.88. The third-order valence-electron chi connectivity index (χ3n) is 3.47. The third kappa shape index (κ3) is 4.39. The third-order valence-corrected chi connectivity index (χ3v) is 3.47. The van der Waals surface area contributed by atoms with Gasteiger partial charge < -0.3 is 10.6 Å². The molecule has 0 saturated carbocycles. The van der Waals surface area contributed by atoms with E-state index in [1.807, 2.05) is 12.1 Å². The smallest absolute Gasteiger partial charge is 0.270 e. The lowest BCUT2D eigenvalue weighted by Crippen LogP contribution is -2.23. The first-order valence-electron chi connectivity index (χ1n) is 7.65. The molecule has 0 unspecified atom stereocenters. The molecule has 0 radical (unpaired) electrons. The van der Waals surface area contributed by atoms with Crippen LogP contribution in [0.25, 0.3) is 0 Å². The first-order valence-corrected chi connectivity index (χ1v) is 7.65. The average molecular weight is 329 g/mol. The van der Waals surface area contributed by atoms with Gasteiger partial charge in [0.05, 0.1) is 11.6 Å². The van der Waals surface area contributed by atoms with Gasteiger partial charge in [-0.1, -0.05) is 6.07 Å². The van der Waals surface area contributed by atoms with Crippen LogP contribution >= 0.6 is 0 Å². The Labute approximate surface area is 145 Å². The Morgan fingerprint density at radius 3 is 2.64 bits per heavy atom. The lowest BCUT2D eigenvalue weighted by Gasteiger charge is -2.08. The molecule has 1 amide bonds. The van der Waals surface area contributed by atoms with Gasteiger partial charge in [0, 0.05) is 36.5 Å². The zero-order chi connectivity index (χ0) is 17.5. The summed E-state index contributed by atoms with van der Waals surface area (Å²) in [6, 6.07) is 16.3. The number of nitrogens with one attached hydrogen (secondary N) is 2. The predicted molar refractivity (Wildman–Crippen MR) is 94.1 cm³/mol. The van der Waals surface area contributed by atoms with Gasteiger partial charge in [-0.25, -0.2) is 0 Å². The minimum Gasteiger partial charge on any atom is -0.355 e. The lowest BCUT2D eigenvalue weighted by molar-refractivity contribution is 0.0946. The zero-order valence-electron chi connectivity index (χ0n) is 13.3. The highest BCUT2D eigenvalue weighted by atomic mass is 16.1. The van der Waals surface area contributed by atoms with E-state index in [0.29, 0.717) is 17.8 Å². The maximum absolute atomic E-state index is 12.2. The summed E-state index contributed by atoms with van der Waals surface area (Å²) in [5.74, 6) is -0.257. The Balaban J connectivity index is 1.66. The van der Waals surface area contributed by atoms with Gasteiger partial charge in [-0.3, -0.25) is 14.8 Å².